The van der Waals surface area contributed by atoms with Crippen molar-refractivity contribution in [1.82, 2.24) is 20.2 Å². The third kappa shape index (κ3) is 3.17. The number of nitrogen functional groups attached to an aromatic ring is 1. The van der Waals surface area contributed by atoms with Crippen LogP contribution in [-0.2, 0) is 5.75 Å². The minimum absolute atomic E-state index is 0.619. The number of rotatable bonds is 4. The van der Waals surface area contributed by atoms with Crippen LogP contribution in [0.4, 0.5) is 5.69 Å². The second kappa shape index (κ2) is 6.15. The average Bonchev–Trinajstić information content (AvgIpc) is 2.96. The number of hydrogen-bond donors (Lipinski definition) is 1. The molecule has 2 aromatic carbocycles. The van der Waals surface area contributed by atoms with Crippen molar-refractivity contribution in [1.29, 1.82) is 0 Å². The number of nitrogens with two attached hydrogens (primary N) is 1. The van der Waals surface area contributed by atoms with Crippen molar-refractivity contribution in [3.63, 3.8) is 0 Å². The molecule has 0 aliphatic carbocycles. The predicted octanol–water partition coefficient (Wildman–Crippen LogP) is 3.19. The van der Waals surface area contributed by atoms with Crippen LogP contribution in [0, 0.1) is 0 Å². The molecular formula is C14H12ClN5S. The lowest BCUT2D eigenvalue weighted by Gasteiger charge is -2.06. The summed E-state index contributed by atoms with van der Waals surface area (Å²) in [5.41, 5.74) is 7.54. The lowest BCUT2D eigenvalue weighted by atomic mass is 10.3. The van der Waals surface area contributed by atoms with E-state index < -0.39 is 0 Å². The van der Waals surface area contributed by atoms with Crippen LogP contribution in [0.1, 0.15) is 5.82 Å². The molecule has 0 saturated heterocycles. The second-order valence-electron chi connectivity index (χ2n) is 4.31. The van der Waals surface area contributed by atoms with E-state index in [4.69, 9.17) is 17.3 Å². The fraction of sp³-hybridized carbons (Fsp3) is 0.0714. The highest BCUT2D eigenvalue weighted by Crippen LogP contribution is 2.29. The smallest absolute Gasteiger partial charge is 0.166 e. The van der Waals surface area contributed by atoms with Gasteiger partial charge in [0, 0.05) is 15.6 Å². The molecular weight excluding hydrogens is 306 g/mol. The van der Waals surface area contributed by atoms with Crippen LogP contribution in [-0.4, -0.2) is 20.2 Å². The van der Waals surface area contributed by atoms with Crippen molar-refractivity contribution in [2.45, 2.75) is 10.6 Å². The fourth-order valence-electron chi connectivity index (χ4n) is 1.86. The minimum Gasteiger partial charge on any atom is -0.398 e. The standard InChI is InChI=1S/C14H12ClN5S/c15-10-6-7-13(12(16)8-10)21-9-14-17-18-19-20(14)11-4-2-1-3-5-11/h1-8H,9,16H2. The van der Waals surface area contributed by atoms with Gasteiger partial charge in [0.15, 0.2) is 5.82 Å². The van der Waals surface area contributed by atoms with Crippen molar-refractivity contribution in [3.8, 4) is 5.69 Å². The van der Waals surface area contributed by atoms with Gasteiger partial charge in [-0.05, 0) is 40.8 Å². The van der Waals surface area contributed by atoms with Gasteiger partial charge in [0.05, 0.1) is 11.4 Å². The Morgan fingerprint density at radius 1 is 1.14 bits per heavy atom. The highest BCUT2D eigenvalue weighted by atomic mass is 35.5. The van der Waals surface area contributed by atoms with Crippen LogP contribution in [0.5, 0.6) is 0 Å². The van der Waals surface area contributed by atoms with Crippen LogP contribution < -0.4 is 5.73 Å². The number of hydrogen-bond acceptors (Lipinski definition) is 5. The summed E-state index contributed by atoms with van der Waals surface area (Å²) in [6, 6.07) is 15.2. The monoisotopic (exact) mass is 317 g/mol. The van der Waals surface area contributed by atoms with Crippen molar-refractivity contribution >= 4 is 29.1 Å². The summed E-state index contributed by atoms with van der Waals surface area (Å²) in [7, 11) is 0. The van der Waals surface area contributed by atoms with E-state index in [-0.39, 0.29) is 0 Å². The highest BCUT2D eigenvalue weighted by Gasteiger charge is 2.09. The lowest BCUT2D eigenvalue weighted by Crippen LogP contribution is -2.02. The molecule has 0 aliphatic heterocycles. The van der Waals surface area contributed by atoms with Crippen molar-refractivity contribution in [2.24, 2.45) is 0 Å². The number of anilines is 1. The molecule has 106 valence electrons. The summed E-state index contributed by atoms with van der Waals surface area (Å²) >= 11 is 7.47. The third-order valence-corrected chi connectivity index (χ3v) is 4.18. The number of thioether (sulfide) groups is 1. The molecule has 1 heterocycles. The molecule has 0 unspecified atom stereocenters. The zero-order valence-corrected chi connectivity index (χ0v) is 12.6. The molecule has 0 radical (unpaired) electrons. The Morgan fingerprint density at radius 3 is 2.71 bits per heavy atom. The summed E-state index contributed by atoms with van der Waals surface area (Å²) in [5.74, 6) is 1.38. The first kappa shape index (κ1) is 13.9. The zero-order valence-electron chi connectivity index (χ0n) is 11.0. The molecule has 3 aromatic rings. The highest BCUT2D eigenvalue weighted by molar-refractivity contribution is 7.98. The van der Waals surface area contributed by atoms with Crippen LogP contribution in [0.25, 0.3) is 5.69 Å². The number of benzene rings is 2. The van der Waals surface area contributed by atoms with E-state index in [2.05, 4.69) is 15.5 Å². The molecule has 2 N–H and O–H groups in total. The minimum atomic E-state index is 0.619. The molecule has 3 rings (SSSR count). The maximum atomic E-state index is 5.95. The molecule has 0 fully saturated rings. The van der Waals surface area contributed by atoms with Gasteiger partial charge in [-0.2, -0.15) is 4.68 Å². The van der Waals surface area contributed by atoms with Crippen LogP contribution in [0.15, 0.2) is 53.4 Å². The van der Waals surface area contributed by atoms with Crippen molar-refractivity contribution in [3.05, 3.63) is 59.4 Å². The van der Waals surface area contributed by atoms with E-state index in [0.29, 0.717) is 16.5 Å². The van der Waals surface area contributed by atoms with Crippen LogP contribution >= 0.6 is 23.4 Å². The van der Waals surface area contributed by atoms with E-state index >= 15 is 0 Å². The summed E-state index contributed by atoms with van der Waals surface area (Å²) in [4.78, 5) is 0.960. The SMILES string of the molecule is Nc1cc(Cl)ccc1SCc1nnnn1-c1ccccc1. The van der Waals surface area contributed by atoms with Crippen LogP contribution in [0.3, 0.4) is 0 Å². The molecule has 0 spiro atoms. The van der Waals surface area contributed by atoms with E-state index in [1.807, 2.05) is 42.5 Å². The largest absolute Gasteiger partial charge is 0.398 e. The van der Waals surface area contributed by atoms with Gasteiger partial charge in [0.25, 0.3) is 0 Å². The topological polar surface area (TPSA) is 69.6 Å². The van der Waals surface area contributed by atoms with Gasteiger partial charge >= 0.3 is 0 Å². The Kier molecular flexibility index (Phi) is 4.08. The van der Waals surface area contributed by atoms with Gasteiger partial charge in [-0.1, -0.05) is 29.8 Å². The van der Waals surface area contributed by atoms with Gasteiger partial charge in [-0.15, -0.1) is 16.9 Å². The average molecular weight is 318 g/mol. The van der Waals surface area contributed by atoms with Crippen molar-refractivity contribution in [2.75, 3.05) is 5.73 Å². The molecule has 21 heavy (non-hydrogen) atoms. The van der Waals surface area contributed by atoms with E-state index in [9.17, 15) is 0 Å². The second-order valence-corrected chi connectivity index (χ2v) is 5.77. The number of tetrazole rings is 1. The molecule has 0 saturated carbocycles. The van der Waals surface area contributed by atoms with Gasteiger partial charge in [-0.3, -0.25) is 0 Å². The summed E-state index contributed by atoms with van der Waals surface area (Å²) < 4.78 is 1.72. The number of aromatic nitrogens is 4. The summed E-state index contributed by atoms with van der Waals surface area (Å²) in [6.07, 6.45) is 0. The first-order valence-corrected chi connectivity index (χ1v) is 7.61. The molecule has 7 heteroatoms. The predicted molar refractivity (Wildman–Crippen MR) is 84.6 cm³/mol. The Morgan fingerprint density at radius 2 is 1.95 bits per heavy atom. The maximum absolute atomic E-state index is 5.95. The molecule has 0 aliphatic rings. The fourth-order valence-corrected chi connectivity index (χ4v) is 2.89. The van der Waals surface area contributed by atoms with E-state index in [1.165, 1.54) is 0 Å². The van der Waals surface area contributed by atoms with Crippen LogP contribution in [0.2, 0.25) is 5.02 Å². The quantitative estimate of drug-likeness (QED) is 0.591. The van der Waals surface area contributed by atoms with Crippen molar-refractivity contribution < 1.29 is 0 Å². The van der Waals surface area contributed by atoms with Gasteiger partial charge in [-0.25, -0.2) is 0 Å². The first-order chi connectivity index (χ1) is 10.2. The normalized spacial score (nSPS) is 10.7. The molecule has 0 amide bonds. The number of nitrogens with zero attached hydrogens (tertiary/aromatic N) is 4. The Labute approximate surface area is 131 Å². The molecule has 0 bridgehead atoms. The molecule has 0 atom stereocenters. The van der Waals surface area contributed by atoms with Gasteiger partial charge < -0.3 is 5.73 Å². The summed E-state index contributed by atoms with van der Waals surface area (Å²) in [5, 5.41) is 12.5. The van der Waals surface area contributed by atoms with Gasteiger partial charge in [0.1, 0.15) is 0 Å². The zero-order chi connectivity index (χ0) is 14.7. The first-order valence-electron chi connectivity index (χ1n) is 6.24. The molecule has 1 aromatic heterocycles. The number of halogens is 1. The van der Waals surface area contributed by atoms with Gasteiger partial charge in [0.2, 0.25) is 0 Å². The van der Waals surface area contributed by atoms with E-state index in [0.717, 1.165) is 16.4 Å². The Hall–Kier alpha value is -2.05. The van der Waals surface area contributed by atoms with E-state index in [1.54, 1.807) is 22.5 Å². The summed E-state index contributed by atoms with van der Waals surface area (Å²) in [6.45, 7) is 0. The third-order valence-electron chi connectivity index (χ3n) is 2.86. The molecule has 5 nitrogen and oxygen atoms in total. The maximum Gasteiger partial charge on any atom is 0.166 e. The number of para-hydroxylation sites is 1. The Balaban J connectivity index is 1.79. The Bertz CT molecular complexity index is 744. The lowest BCUT2D eigenvalue weighted by molar-refractivity contribution is 0.777.